The van der Waals surface area contributed by atoms with Crippen molar-refractivity contribution in [3.63, 3.8) is 0 Å². The Morgan fingerprint density at radius 2 is 0.495 bits per heavy atom. The van der Waals surface area contributed by atoms with E-state index in [0.717, 1.165) is 108 Å². The number of ether oxygens (including phenoxy) is 4. The number of unbranched alkanes of at least 4 members (excludes halogenated alkanes) is 52. The van der Waals surface area contributed by atoms with Gasteiger partial charge in [0.2, 0.25) is 0 Å². The van der Waals surface area contributed by atoms with Gasteiger partial charge in [0.05, 0.1) is 26.4 Å². The van der Waals surface area contributed by atoms with Crippen LogP contribution >= 0.6 is 15.6 Å². The van der Waals surface area contributed by atoms with Gasteiger partial charge in [-0.2, -0.15) is 0 Å². The molecule has 0 aromatic carbocycles. The molecule has 0 fully saturated rings. The van der Waals surface area contributed by atoms with Gasteiger partial charge in [0.25, 0.3) is 0 Å². The molecule has 3 unspecified atom stereocenters. The first-order chi connectivity index (χ1) is 49.9. The van der Waals surface area contributed by atoms with Gasteiger partial charge >= 0.3 is 39.5 Å². The molecule has 0 heterocycles. The summed E-state index contributed by atoms with van der Waals surface area (Å²) < 4.78 is 68.6. The van der Waals surface area contributed by atoms with E-state index in [2.05, 4.69) is 41.5 Å². The summed E-state index contributed by atoms with van der Waals surface area (Å²) in [6.07, 6.45) is 67.1. The van der Waals surface area contributed by atoms with E-state index >= 15 is 0 Å². The van der Waals surface area contributed by atoms with Crippen LogP contribution in [0.5, 0.6) is 0 Å². The lowest BCUT2D eigenvalue weighted by Gasteiger charge is -2.21. The van der Waals surface area contributed by atoms with Crippen LogP contribution in [0.4, 0.5) is 0 Å². The minimum absolute atomic E-state index is 0.107. The molecule has 0 aromatic rings. The number of phosphoric acid groups is 2. The molecule has 19 heteroatoms. The summed E-state index contributed by atoms with van der Waals surface area (Å²) in [5.41, 5.74) is 0. The maximum Gasteiger partial charge on any atom is 0.472 e. The predicted octanol–water partition coefficient (Wildman–Crippen LogP) is 25.5. The quantitative estimate of drug-likeness (QED) is 0.0222. The third-order valence-electron chi connectivity index (χ3n) is 20.1. The van der Waals surface area contributed by atoms with E-state index in [4.69, 9.17) is 37.0 Å². The second-order valence-corrected chi connectivity index (χ2v) is 33.8. The first kappa shape index (κ1) is 101. The summed E-state index contributed by atoms with van der Waals surface area (Å²) >= 11 is 0. The number of carbonyl (C=O) groups is 4. The van der Waals surface area contributed by atoms with Gasteiger partial charge < -0.3 is 33.8 Å². The minimum atomic E-state index is -4.96. The Bertz CT molecular complexity index is 1980. The Kier molecular flexibility index (Phi) is 74.1. The van der Waals surface area contributed by atoms with Crippen LogP contribution in [-0.4, -0.2) is 96.7 Å². The van der Waals surface area contributed by atoms with Gasteiger partial charge in [-0.25, -0.2) is 9.13 Å². The van der Waals surface area contributed by atoms with Crippen molar-refractivity contribution in [2.45, 2.75) is 464 Å². The summed E-state index contributed by atoms with van der Waals surface area (Å²) in [7, 11) is -9.91. The Labute approximate surface area is 632 Å². The van der Waals surface area contributed by atoms with Crippen molar-refractivity contribution in [3.05, 3.63) is 0 Å². The fourth-order valence-electron chi connectivity index (χ4n) is 13.0. The van der Waals surface area contributed by atoms with Gasteiger partial charge in [-0.3, -0.25) is 37.3 Å². The average Bonchev–Trinajstić information content (AvgIpc) is 0.967. The number of aliphatic hydroxyl groups excluding tert-OH is 1. The highest BCUT2D eigenvalue weighted by molar-refractivity contribution is 7.47. The number of hydrogen-bond donors (Lipinski definition) is 3. The smallest absolute Gasteiger partial charge is 0.462 e. The third-order valence-corrected chi connectivity index (χ3v) is 22.0. The van der Waals surface area contributed by atoms with E-state index in [1.165, 1.54) is 257 Å². The van der Waals surface area contributed by atoms with Crippen molar-refractivity contribution in [2.24, 2.45) is 11.8 Å². The van der Waals surface area contributed by atoms with Crippen molar-refractivity contribution in [3.8, 4) is 0 Å². The molecule has 6 atom stereocenters. The van der Waals surface area contributed by atoms with Crippen LogP contribution in [0, 0.1) is 11.8 Å². The highest BCUT2D eigenvalue weighted by Gasteiger charge is 2.30. The zero-order valence-corrected chi connectivity index (χ0v) is 69.4. The van der Waals surface area contributed by atoms with Crippen LogP contribution < -0.4 is 0 Å². The maximum atomic E-state index is 13.1. The lowest BCUT2D eigenvalue weighted by Crippen LogP contribution is -2.30. The molecule has 0 spiro atoms. The predicted molar refractivity (Wildman–Crippen MR) is 423 cm³/mol. The number of rotatable bonds is 83. The lowest BCUT2D eigenvalue weighted by molar-refractivity contribution is -0.161. The number of hydrogen-bond acceptors (Lipinski definition) is 15. The highest BCUT2D eigenvalue weighted by Crippen LogP contribution is 2.45. The maximum absolute atomic E-state index is 13.1. The lowest BCUT2D eigenvalue weighted by atomic mass is 9.99. The SMILES string of the molecule is CCCCCCCCCCCCCCCCCC(=O)O[C@H](COC(=O)CCCCCCC)COP(=O)(O)OC[C@H](O)COP(=O)(O)OC[C@@H](COC(=O)CCCCCCCCCCCCCCCCCCCCC(C)C)OC(=O)CCCCCCCCCCCCCCCCCCCCC(C)CC. The molecule has 0 saturated carbocycles. The van der Waals surface area contributed by atoms with Crippen molar-refractivity contribution in [1.29, 1.82) is 0 Å². The minimum Gasteiger partial charge on any atom is -0.462 e. The molecule has 0 saturated heterocycles. The molecule has 3 N–H and O–H groups in total. The third kappa shape index (κ3) is 76.6. The standard InChI is InChI=1S/C84H164O17P2/c1-7-10-12-14-15-16-17-18-27-35-40-45-50-56-62-68-83(88)100-79(72-94-81(86)66-60-52-13-11-8-2)74-98-102(90,91)96-70-78(85)71-97-103(92,93)99-75-80(73-95-82(87)67-61-55-49-44-39-34-30-25-21-19-23-28-32-37-42-47-53-58-64-76(4)5)101-84(89)69-63-57-51-46-41-36-31-26-22-20-24-29-33-38-43-48-54-59-65-77(6)9-3/h76-80,85H,7-75H2,1-6H3,(H,90,91)(H,92,93)/t77?,78-,79+,80+/m0/s1. The van der Waals surface area contributed by atoms with Crippen LogP contribution in [0.15, 0.2) is 0 Å². The van der Waals surface area contributed by atoms with Crippen molar-refractivity contribution >= 4 is 39.5 Å². The van der Waals surface area contributed by atoms with E-state index in [9.17, 15) is 43.2 Å². The van der Waals surface area contributed by atoms with E-state index in [-0.39, 0.29) is 25.7 Å². The molecule has 0 bridgehead atoms. The summed E-state index contributed by atoms with van der Waals surface area (Å²) in [6.45, 7) is 9.67. The van der Waals surface area contributed by atoms with Crippen LogP contribution in [-0.2, 0) is 65.4 Å². The second-order valence-electron chi connectivity index (χ2n) is 30.9. The van der Waals surface area contributed by atoms with Gasteiger partial charge in [-0.1, -0.05) is 395 Å². The summed E-state index contributed by atoms with van der Waals surface area (Å²) in [5.74, 6) is -0.422. The zero-order chi connectivity index (χ0) is 75.6. The molecule has 0 rings (SSSR count). The van der Waals surface area contributed by atoms with Gasteiger partial charge in [-0.05, 0) is 37.5 Å². The largest absolute Gasteiger partial charge is 0.472 e. The van der Waals surface area contributed by atoms with Gasteiger partial charge in [-0.15, -0.1) is 0 Å². The fraction of sp³-hybridized carbons (Fsp3) is 0.952. The molecule has 0 aliphatic rings. The highest BCUT2D eigenvalue weighted by atomic mass is 31.2. The Morgan fingerprint density at radius 3 is 0.738 bits per heavy atom. The Hall–Kier alpha value is -1.94. The normalized spacial score (nSPS) is 14.1. The van der Waals surface area contributed by atoms with Crippen molar-refractivity contribution < 1.29 is 80.2 Å². The topological polar surface area (TPSA) is 237 Å². The molecule has 0 aliphatic heterocycles. The van der Waals surface area contributed by atoms with Crippen LogP contribution in [0.3, 0.4) is 0 Å². The molecule has 17 nitrogen and oxygen atoms in total. The van der Waals surface area contributed by atoms with Crippen LogP contribution in [0.2, 0.25) is 0 Å². The fourth-order valence-corrected chi connectivity index (χ4v) is 14.6. The van der Waals surface area contributed by atoms with E-state index < -0.39 is 97.5 Å². The van der Waals surface area contributed by atoms with Gasteiger partial charge in [0.15, 0.2) is 12.2 Å². The first-order valence-electron chi connectivity index (χ1n) is 43.5. The molecule has 0 amide bonds. The first-order valence-corrected chi connectivity index (χ1v) is 46.5. The van der Waals surface area contributed by atoms with Crippen LogP contribution in [0.25, 0.3) is 0 Å². The Balaban J connectivity index is 5.10. The van der Waals surface area contributed by atoms with E-state index in [1.807, 2.05) is 0 Å². The van der Waals surface area contributed by atoms with Crippen LogP contribution in [0.1, 0.15) is 446 Å². The summed E-state index contributed by atoms with van der Waals surface area (Å²) in [6, 6.07) is 0. The average molecular weight is 1510 g/mol. The Morgan fingerprint density at radius 1 is 0.282 bits per heavy atom. The van der Waals surface area contributed by atoms with Gasteiger partial charge in [0, 0.05) is 25.7 Å². The summed E-state index contributed by atoms with van der Waals surface area (Å²) in [4.78, 5) is 72.8. The molecule has 612 valence electrons. The number of esters is 4. The monoisotopic (exact) mass is 1510 g/mol. The van der Waals surface area contributed by atoms with Gasteiger partial charge in [0.1, 0.15) is 19.3 Å². The summed E-state index contributed by atoms with van der Waals surface area (Å²) in [5, 5.41) is 10.6. The molecule has 103 heavy (non-hydrogen) atoms. The van der Waals surface area contributed by atoms with E-state index in [1.54, 1.807) is 0 Å². The molecular formula is C84H164O17P2. The number of carbonyl (C=O) groups excluding carboxylic acids is 4. The molecule has 0 radical (unpaired) electrons. The van der Waals surface area contributed by atoms with Crippen molar-refractivity contribution in [1.82, 2.24) is 0 Å². The molecule has 0 aliphatic carbocycles. The van der Waals surface area contributed by atoms with Crippen molar-refractivity contribution in [2.75, 3.05) is 39.6 Å². The second kappa shape index (κ2) is 75.5. The zero-order valence-electron chi connectivity index (χ0n) is 67.6. The number of phosphoric ester groups is 2. The molecular weight excluding hydrogens is 1340 g/mol. The molecule has 0 aromatic heterocycles. The number of aliphatic hydroxyl groups is 1. The van der Waals surface area contributed by atoms with E-state index in [0.29, 0.717) is 25.7 Å².